The van der Waals surface area contributed by atoms with Gasteiger partial charge in [0.05, 0.1) is 6.54 Å². The number of rotatable bonds is 2. The van der Waals surface area contributed by atoms with Crippen LogP contribution in [-0.2, 0) is 11.3 Å². The summed E-state index contributed by atoms with van der Waals surface area (Å²) in [6.45, 7) is 2.70. The minimum absolute atomic E-state index is 0.140. The van der Waals surface area contributed by atoms with E-state index in [9.17, 15) is 4.79 Å². The van der Waals surface area contributed by atoms with Crippen molar-refractivity contribution in [1.82, 2.24) is 10.2 Å². The third kappa shape index (κ3) is 3.44. The lowest BCUT2D eigenvalue weighted by Gasteiger charge is -2.20. The first kappa shape index (κ1) is 12.9. The van der Waals surface area contributed by atoms with E-state index in [0.29, 0.717) is 18.1 Å². The average molecular weight is 318 g/mol. The van der Waals surface area contributed by atoms with E-state index in [1.54, 1.807) is 0 Å². The van der Waals surface area contributed by atoms with Crippen LogP contribution in [0, 0.1) is 0 Å². The van der Waals surface area contributed by atoms with Gasteiger partial charge in [0, 0.05) is 22.6 Å². The molecule has 5 heteroatoms. The molecule has 92 valence electrons. The third-order valence-electron chi connectivity index (χ3n) is 2.79. The second kappa shape index (κ2) is 5.85. The van der Waals surface area contributed by atoms with Gasteiger partial charge in [-0.2, -0.15) is 0 Å². The fourth-order valence-corrected chi connectivity index (χ4v) is 2.58. The van der Waals surface area contributed by atoms with Crippen molar-refractivity contribution in [2.45, 2.75) is 13.0 Å². The summed E-state index contributed by atoms with van der Waals surface area (Å²) < 4.78 is 0.954. The third-order valence-corrected chi connectivity index (χ3v) is 3.63. The van der Waals surface area contributed by atoms with Gasteiger partial charge in [0.2, 0.25) is 5.91 Å². The Bertz CT molecular complexity index is 425. The molecule has 17 heavy (non-hydrogen) atoms. The molecule has 0 bridgehead atoms. The molecule has 1 aliphatic heterocycles. The topological polar surface area (TPSA) is 32.3 Å². The van der Waals surface area contributed by atoms with Gasteiger partial charge >= 0.3 is 0 Å². The Morgan fingerprint density at radius 2 is 2.29 bits per heavy atom. The first-order valence-electron chi connectivity index (χ1n) is 5.59. The molecular weight excluding hydrogens is 304 g/mol. The lowest BCUT2D eigenvalue weighted by molar-refractivity contribution is -0.130. The molecule has 1 fully saturated rings. The maximum Gasteiger partial charge on any atom is 0.236 e. The highest BCUT2D eigenvalue weighted by Gasteiger charge is 2.17. The summed E-state index contributed by atoms with van der Waals surface area (Å²) in [4.78, 5) is 13.7. The summed E-state index contributed by atoms with van der Waals surface area (Å²) in [5.41, 5.74) is 0.991. The molecule has 1 N–H and O–H groups in total. The van der Waals surface area contributed by atoms with E-state index in [4.69, 9.17) is 11.6 Å². The number of carbonyl (C=O) groups is 1. The summed E-state index contributed by atoms with van der Waals surface area (Å²) in [6, 6.07) is 5.76. The van der Waals surface area contributed by atoms with E-state index in [0.717, 1.165) is 29.5 Å². The van der Waals surface area contributed by atoms with Crippen molar-refractivity contribution < 1.29 is 4.79 Å². The molecule has 1 aliphatic rings. The standard InChI is InChI=1S/C12H14BrClN2O/c13-10-3-2-9(11(14)6-10)8-16-5-1-4-15-7-12(16)17/h2-3,6,15H,1,4-5,7-8H2. The zero-order valence-electron chi connectivity index (χ0n) is 9.38. The van der Waals surface area contributed by atoms with E-state index in [2.05, 4.69) is 21.2 Å². The minimum Gasteiger partial charge on any atom is -0.337 e. The van der Waals surface area contributed by atoms with Crippen molar-refractivity contribution in [1.29, 1.82) is 0 Å². The highest BCUT2D eigenvalue weighted by molar-refractivity contribution is 9.10. The molecule has 0 aliphatic carbocycles. The van der Waals surface area contributed by atoms with Gasteiger partial charge in [-0.25, -0.2) is 0 Å². The van der Waals surface area contributed by atoms with Crippen LogP contribution in [0.1, 0.15) is 12.0 Å². The number of hydrogen-bond acceptors (Lipinski definition) is 2. The SMILES string of the molecule is O=C1CNCCCN1Cc1ccc(Br)cc1Cl. The molecule has 1 aromatic carbocycles. The Balaban J connectivity index is 2.10. The van der Waals surface area contributed by atoms with E-state index < -0.39 is 0 Å². The van der Waals surface area contributed by atoms with Crippen LogP contribution in [0.15, 0.2) is 22.7 Å². The molecule has 1 heterocycles. The molecule has 1 aromatic rings. The van der Waals surface area contributed by atoms with Gasteiger partial charge in [0.1, 0.15) is 0 Å². The number of carbonyl (C=O) groups excluding carboxylic acids is 1. The van der Waals surface area contributed by atoms with Crippen molar-refractivity contribution in [3.05, 3.63) is 33.3 Å². The number of halogens is 2. The van der Waals surface area contributed by atoms with Crippen LogP contribution in [-0.4, -0.2) is 30.4 Å². The number of hydrogen-bond donors (Lipinski definition) is 1. The van der Waals surface area contributed by atoms with Crippen molar-refractivity contribution in [3.63, 3.8) is 0 Å². The van der Waals surface area contributed by atoms with Gasteiger partial charge in [0.25, 0.3) is 0 Å². The maximum atomic E-state index is 11.8. The Morgan fingerprint density at radius 1 is 1.47 bits per heavy atom. The highest BCUT2D eigenvalue weighted by Crippen LogP contribution is 2.22. The normalized spacial score (nSPS) is 17.1. The quantitative estimate of drug-likeness (QED) is 0.908. The van der Waals surface area contributed by atoms with Gasteiger partial charge in [-0.05, 0) is 30.7 Å². The van der Waals surface area contributed by atoms with Gasteiger partial charge < -0.3 is 10.2 Å². The molecule has 0 spiro atoms. The molecule has 2 rings (SSSR count). The number of benzene rings is 1. The van der Waals surface area contributed by atoms with Crippen LogP contribution in [0.5, 0.6) is 0 Å². The van der Waals surface area contributed by atoms with E-state index in [1.165, 1.54) is 0 Å². The monoisotopic (exact) mass is 316 g/mol. The molecule has 1 amide bonds. The zero-order valence-corrected chi connectivity index (χ0v) is 11.7. The summed E-state index contributed by atoms with van der Waals surface area (Å²) >= 11 is 9.52. The first-order valence-corrected chi connectivity index (χ1v) is 6.76. The summed E-state index contributed by atoms with van der Waals surface area (Å²) in [6.07, 6.45) is 0.986. The van der Waals surface area contributed by atoms with Crippen LogP contribution in [0.3, 0.4) is 0 Å². The molecule has 0 unspecified atom stereocenters. The molecule has 0 aromatic heterocycles. The molecule has 1 saturated heterocycles. The largest absolute Gasteiger partial charge is 0.337 e. The van der Waals surface area contributed by atoms with E-state index >= 15 is 0 Å². The fraction of sp³-hybridized carbons (Fsp3) is 0.417. The summed E-state index contributed by atoms with van der Waals surface area (Å²) in [5.74, 6) is 0.140. The summed E-state index contributed by atoms with van der Waals surface area (Å²) in [5, 5.41) is 3.80. The smallest absolute Gasteiger partial charge is 0.236 e. The van der Waals surface area contributed by atoms with Crippen LogP contribution < -0.4 is 5.32 Å². The first-order chi connectivity index (χ1) is 8.16. The van der Waals surface area contributed by atoms with E-state index in [-0.39, 0.29) is 5.91 Å². The molecule has 0 radical (unpaired) electrons. The van der Waals surface area contributed by atoms with Gasteiger partial charge in [0.15, 0.2) is 0 Å². The number of amides is 1. The van der Waals surface area contributed by atoms with Crippen LogP contribution in [0.4, 0.5) is 0 Å². The highest BCUT2D eigenvalue weighted by atomic mass is 79.9. The Hall–Kier alpha value is -0.580. The maximum absolute atomic E-state index is 11.8. The number of nitrogens with zero attached hydrogens (tertiary/aromatic N) is 1. The lowest BCUT2D eigenvalue weighted by Crippen LogP contribution is -2.34. The van der Waals surface area contributed by atoms with Crippen molar-refractivity contribution in [3.8, 4) is 0 Å². The Morgan fingerprint density at radius 3 is 3.06 bits per heavy atom. The molecule has 0 atom stereocenters. The number of nitrogens with one attached hydrogen (secondary N) is 1. The van der Waals surface area contributed by atoms with Crippen LogP contribution in [0.25, 0.3) is 0 Å². The minimum atomic E-state index is 0.140. The van der Waals surface area contributed by atoms with Crippen molar-refractivity contribution >= 4 is 33.4 Å². The lowest BCUT2D eigenvalue weighted by atomic mass is 10.2. The zero-order chi connectivity index (χ0) is 12.3. The average Bonchev–Trinajstić information content (AvgIpc) is 2.48. The van der Waals surface area contributed by atoms with E-state index in [1.807, 2.05) is 23.1 Å². The predicted molar refractivity (Wildman–Crippen MR) is 72.1 cm³/mol. The van der Waals surface area contributed by atoms with Crippen LogP contribution in [0.2, 0.25) is 5.02 Å². The molecular formula is C12H14BrClN2O. The van der Waals surface area contributed by atoms with Crippen molar-refractivity contribution in [2.75, 3.05) is 19.6 Å². The summed E-state index contributed by atoms with van der Waals surface area (Å²) in [7, 11) is 0. The fourth-order valence-electron chi connectivity index (χ4n) is 1.85. The molecule has 0 saturated carbocycles. The second-order valence-electron chi connectivity index (χ2n) is 4.08. The Kier molecular flexibility index (Phi) is 4.42. The Labute approximate surface area is 114 Å². The van der Waals surface area contributed by atoms with Gasteiger partial charge in [-0.1, -0.05) is 33.6 Å². The van der Waals surface area contributed by atoms with Gasteiger partial charge in [-0.15, -0.1) is 0 Å². The molecule has 3 nitrogen and oxygen atoms in total. The predicted octanol–water partition coefficient (Wildman–Crippen LogP) is 2.42. The second-order valence-corrected chi connectivity index (χ2v) is 5.40. The van der Waals surface area contributed by atoms with Gasteiger partial charge in [-0.3, -0.25) is 4.79 Å². The van der Waals surface area contributed by atoms with Crippen molar-refractivity contribution in [2.24, 2.45) is 0 Å². The van der Waals surface area contributed by atoms with Crippen LogP contribution >= 0.6 is 27.5 Å².